The van der Waals surface area contributed by atoms with Gasteiger partial charge in [-0.15, -0.1) is 12.4 Å². The second-order valence-corrected chi connectivity index (χ2v) is 2.68. The van der Waals surface area contributed by atoms with Gasteiger partial charge in [0.25, 0.3) is 0 Å². The van der Waals surface area contributed by atoms with Crippen LogP contribution >= 0.6 is 12.4 Å². The number of hydrogen-bond acceptors (Lipinski definition) is 3. The molecule has 0 radical (unpaired) electrons. The standard InChI is InChI=1S/C6H13NO2.ClH/c1-4-2-5(8)6(9)3-7-4;/h4-9H,2-3H2,1H3;1H/t4?,5-,6-;/m0./s1. The van der Waals surface area contributed by atoms with Crippen LogP contribution in [0.5, 0.6) is 0 Å². The molecule has 4 heteroatoms. The molecule has 1 saturated heterocycles. The van der Waals surface area contributed by atoms with E-state index in [1.54, 1.807) is 0 Å². The minimum atomic E-state index is -0.568. The number of aliphatic hydroxyl groups excluding tert-OH is 2. The van der Waals surface area contributed by atoms with Gasteiger partial charge in [0.2, 0.25) is 0 Å². The van der Waals surface area contributed by atoms with Crippen molar-refractivity contribution in [1.29, 1.82) is 0 Å². The van der Waals surface area contributed by atoms with Gasteiger partial charge in [-0.3, -0.25) is 0 Å². The van der Waals surface area contributed by atoms with Crippen LogP contribution in [0.3, 0.4) is 0 Å². The van der Waals surface area contributed by atoms with E-state index in [1.165, 1.54) is 0 Å². The van der Waals surface area contributed by atoms with Crippen LogP contribution < -0.4 is 5.32 Å². The average Bonchev–Trinajstić information content (AvgIpc) is 1.80. The molecule has 10 heavy (non-hydrogen) atoms. The number of piperidine rings is 1. The number of halogens is 1. The first-order chi connectivity index (χ1) is 4.20. The summed E-state index contributed by atoms with van der Waals surface area (Å²) in [6.07, 6.45) is -0.441. The van der Waals surface area contributed by atoms with E-state index in [-0.39, 0.29) is 12.4 Å². The van der Waals surface area contributed by atoms with Crippen molar-refractivity contribution in [3.63, 3.8) is 0 Å². The molecule has 1 unspecified atom stereocenters. The van der Waals surface area contributed by atoms with Crippen LogP contribution in [-0.2, 0) is 0 Å². The molecule has 0 aromatic heterocycles. The van der Waals surface area contributed by atoms with E-state index in [9.17, 15) is 0 Å². The number of rotatable bonds is 0. The van der Waals surface area contributed by atoms with Gasteiger partial charge in [-0.1, -0.05) is 0 Å². The number of nitrogens with one attached hydrogen (secondary N) is 1. The molecule has 0 saturated carbocycles. The van der Waals surface area contributed by atoms with Crippen LogP contribution in [-0.4, -0.2) is 35.0 Å². The molecule has 62 valence electrons. The predicted molar refractivity (Wildman–Crippen MR) is 41.3 cm³/mol. The summed E-state index contributed by atoms with van der Waals surface area (Å²) in [7, 11) is 0. The highest BCUT2D eigenvalue weighted by Crippen LogP contribution is 2.07. The van der Waals surface area contributed by atoms with Crippen molar-refractivity contribution in [2.45, 2.75) is 31.6 Å². The van der Waals surface area contributed by atoms with Crippen molar-refractivity contribution in [3.05, 3.63) is 0 Å². The van der Waals surface area contributed by atoms with Crippen molar-refractivity contribution in [1.82, 2.24) is 5.32 Å². The molecule has 1 fully saturated rings. The monoisotopic (exact) mass is 167 g/mol. The predicted octanol–water partition coefficient (Wildman–Crippen LogP) is -0.488. The Kier molecular flexibility index (Phi) is 4.20. The van der Waals surface area contributed by atoms with Gasteiger partial charge in [-0.2, -0.15) is 0 Å². The first-order valence-electron chi connectivity index (χ1n) is 3.29. The fourth-order valence-electron chi connectivity index (χ4n) is 1.06. The van der Waals surface area contributed by atoms with Crippen molar-refractivity contribution in [2.75, 3.05) is 6.54 Å². The smallest absolute Gasteiger partial charge is 0.0923 e. The third-order valence-electron chi connectivity index (χ3n) is 1.71. The van der Waals surface area contributed by atoms with Gasteiger partial charge in [0.05, 0.1) is 12.2 Å². The Morgan fingerprint density at radius 3 is 2.30 bits per heavy atom. The molecule has 0 aromatic rings. The molecule has 1 heterocycles. The normalized spacial score (nSPS) is 40.5. The fourth-order valence-corrected chi connectivity index (χ4v) is 1.06. The quantitative estimate of drug-likeness (QED) is 0.457. The average molecular weight is 168 g/mol. The van der Waals surface area contributed by atoms with Crippen LogP contribution in [0.15, 0.2) is 0 Å². The second kappa shape index (κ2) is 4.13. The zero-order valence-electron chi connectivity index (χ0n) is 5.95. The van der Waals surface area contributed by atoms with Gasteiger partial charge >= 0.3 is 0 Å². The van der Waals surface area contributed by atoms with Crippen LogP contribution in [0.4, 0.5) is 0 Å². The van der Waals surface area contributed by atoms with Crippen LogP contribution in [0.25, 0.3) is 0 Å². The van der Waals surface area contributed by atoms with Crippen LogP contribution in [0, 0.1) is 0 Å². The summed E-state index contributed by atoms with van der Waals surface area (Å²) in [5.41, 5.74) is 0. The van der Waals surface area contributed by atoms with Gasteiger partial charge in [-0.05, 0) is 13.3 Å². The molecule has 0 spiro atoms. The Hall–Kier alpha value is 0.170. The molecule has 3 atom stereocenters. The zero-order chi connectivity index (χ0) is 6.85. The molecular weight excluding hydrogens is 154 g/mol. The molecule has 1 aliphatic heterocycles. The number of aliphatic hydroxyl groups is 2. The van der Waals surface area contributed by atoms with Gasteiger partial charge in [0.15, 0.2) is 0 Å². The maximum atomic E-state index is 9.06. The summed E-state index contributed by atoms with van der Waals surface area (Å²) in [4.78, 5) is 0. The lowest BCUT2D eigenvalue weighted by atomic mass is 10.0. The first kappa shape index (κ1) is 10.2. The van der Waals surface area contributed by atoms with Gasteiger partial charge in [0.1, 0.15) is 0 Å². The molecule has 3 N–H and O–H groups in total. The summed E-state index contributed by atoms with van der Waals surface area (Å²) in [6.45, 7) is 2.51. The minimum absolute atomic E-state index is 0. The largest absolute Gasteiger partial charge is 0.390 e. The Bertz CT molecular complexity index is 102. The van der Waals surface area contributed by atoms with E-state index >= 15 is 0 Å². The van der Waals surface area contributed by atoms with E-state index < -0.39 is 12.2 Å². The molecule has 3 nitrogen and oxygen atoms in total. The summed E-state index contributed by atoms with van der Waals surface area (Å²) in [5.74, 6) is 0. The van der Waals surface area contributed by atoms with Crippen molar-refractivity contribution in [3.8, 4) is 0 Å². The van der Waals surface area contributed by atoms with E-state index in [4.69, 9.17) is 10.2 Å². The van der Waals surface area contributed by atoms with Crippen LogP contribution in [0.2, 0.25) is 0 Å². The van der Waals surface area contributed by atoms with Crippen molar-refractivity contribution < 1.29 is 10.2 Å². The maximum absolute atomic E-state index is 9.06. The lowest BCUT2D eigenvalue weighted by Gasteiger charge is -2.28. The topological polar surface area (TPSA) is 52.5 Å². The molecule has 0 aromatic carbocycles. The Morgan fingerprint density at radius 1 is 1.30 bits per heavy atom. The van der Waals surface area contributed by atoms with Crippen molar-refractivity contribution in [2.24, 2.45) is 0 Å². The summed E-state index contributed by atoms with van der Waals surface area (Å²) in [5, 5.41) is 21.1. The fraction of sp³-hybridized carbons (Fsp3) is 1.00. The Labute approximate surface area is 66.8 Å². The lowest BCUT2D eigenvalue weighted by molar-refractivity contribution is -0.00990. The van der Waals surface area contributed by atoms with Gasteiger partial charge in [-0.25, -0.2) is 0 Å². The minimum Gasteiger partial charge on any atom is -0.390 e. The zero-order valence-corrected chi connectivity index (χ0v) is 6.77. The summed E-state index contributed by atoms with van der Waals surface area (Å²) >= 11 is 0. The Morgan fingerprint density at radius 2 is 1.90 bits per heavy atom. The summed E-state index contributed by atoms with van der Waals surface area (Å²) in [6, 6.07) is 0.336. The van der Waals surface area contributed by atoms with Gasteiger partial charge < -0.3 is 15.5 Å². The molecule has 0 aliphatic carbocycles. The van der Waals surface area contributed by atoms with Crippen LogP contribution in [0.1, 0.15) is 13.3 Å². The highest BCUT2D eigenvalue weighted by atomic mass is 35.5. The third-order valence-corrected chi connectivity index (χ3v) is 1.71. The highest BCUT2D eigenvalue weighted by Gasteiger charge is 2.23. The van der Waals surface area contributed by atoms with Gasteiger partial charge in [0, 0.05) is 12.6 Å². The number of hydrogen-bond donors (Lipinski definition) is 3. The lowest BCUT2D eigenvalue weighted by Crippen LogP contribution is -2.48. The molecule has 0 bridgehead atoms. The second-order valence-electron chi connectivity index (χ2n) is 2.68. The summed E-state index contributed by atoms with van der Waals surface area (Å²) < 4.78 is 0. The van der Waals surface area contributed by atoms with E-state index in [0.717, 1.165) is 0 Å². The molecule has 0 amide bonds. The van der Waals surface area contributed by atoms with E-state index in [0.29, 0.717) is 19.0 Å². The first-order valence-corrected chi connectivity index (χ1v) is 3.29. The molecule has 1 rings (SSSR count). The number of β-amino-alcohol motifs (C(OH)–C–C–N with tert-alkyl or cyclic N) is 1. The highest BCUT2D eigenvalue weighted by molar-refractivity contribution is 5.85. The third kappa shape index (κ3) is 2.42. The van der Waals surface area contributed by atoms with E-state index in [1.807, 2.05) is 6.92 Å². The maximum Gasteiger partial charge on any atom is 0.0923 e. The molecule has 1 aliphatic rings. The van der Waals surface area contributed by atoms with Crippen molar-refractivity contribution >= 4 is 12.4 Å². The Balaban J connectivity index is 0.000000810. The SMILES string of the molecule is CC1C[C@H](O)[C@@H](O)CN1.Cl. The molecular formula is C6H14ClNO2. The van der Waals surface area contributed by atoms with E-state index in [2.05, 4.69) is 5.32 Å².